The number of aryl methyl sites for hydroxylation is 1. The summed E-state index contributed by atoms with van der Waals surface area (Å²) in [6.45, 7) is 5.30. The van der Waals surface area contributed by atoms with Crippen LogP contribution in [0, 0.1) is 5.41 Å². The van der Waals surface area contributed by atoms with Crippen molar-refractivity contribution in [2.75, 3.05) is 11.9 Å². The first-order valence-corrected chi connectivity index (χ1v) is 5.42. The molecule has 0 aliphatic heterocycles. The zero-order valence-corrected chi connectivity index (χ0v) is 10.2. The Bertz CT molecular complexity index is 465. The molecule has 17 heavy (non-hydrogen) atoms. The predicted molar refractivity (Wildman–Crippen MR) is 64.1 cm³/mol. The molecule has 94 valence electrons. The number of rotatable bonds is 5. The van der Waals surface area contributed by atoms with Gasteiger partial charge in [-0.15, -0.1) is 0 Å². The van der Waals surface area contributed by atoms with Crippen molar-refractivity contribution in [2.45, 2.75) is 27.2 Å². The van der Waals surface area contributed by atoms with Crippen LogP contribution in [0.15, 0.2) is 10.9 Å². The van der Waals surface area contributed by atoms with Gasteiger partial charge in [-0.1, -0.05) is 6.92 Å². The Hall–Kier alpha value is -1.85. The predicted octanol–water partition coefficient (Wildman–Crippen LogP) is 0.855. The fourth-order valence-electron chi connectivity index (χ4n) is 1.15. The van der Waals surface area contributed by atoms with Crippen molar-refractivity contribution in [3.8, 4) is 0 Å². The molecule has 1 heterocycles. The van der Waals surface area contributed by atoms with E-state index in [4.69, 9.17) is 5.11 Å². The van der Waals surface area contributed by atoms with E-state index in [1.54, 1.807) is 13.8 Å². The normalized spacial score (nSPS) is 11.2. The second-order valence-corrected chi connectivity index (χ2v) is 4.47. The highest BCUT2D eigenvalue weighted by Gasteiger charge is 2.26. The molecule has 1 rings (SSSR count). The van der Waals surface area contributed by atoms with E-state index in [1.165, 1.54) is 6.07 Å². The molecule has 1 aromatic rings. The minimum Gasteiger partial charge on any atom is -0.481 e. The molecule has 6 nitrogen and oxygen atoms in total. The summed E-state index contributed by atoms with van der Waals surface area (Å²) >= 11 is 0. The average molecular weight is 239 g/mol. The monoisotopic (exact) mass is 239 g/mol. The Morgan fingerprint density at radius 3 is 2.76 bits per heavy atom. The van der Waals surface area contributed by atoms with E-state index in [0.717, 1.165) is 0 Å². The summed E-state index contributed by atoms with van der Waals surface area (Å²) in [6, 6.07) is 1.32. The molecule has 0 bridgehead atoms. The minimum atomic E-state index is -0.906. The first kappa shape index (κ1) is 13.2. The average Bonchev–Trinajstić information content (AvgIpc) is 2.25. The van der Waals surface area contributed by atoms with E-state index in [1.807, 2.05) is 6.92 Å². The molecule has 0 atom stereocenters. The van der Waals surface area contributed by atoms with Gasteiger partial charge < -0.3 is 15.4 Å². The summed E-state index contributed by atoms with van der Waals surface area (Å²) in [5.74, 6) is 0.0820. The van der Waals surface area contributed by atoms with Crippen LogP contribution >= 0.6 is 0 Å². The molecule has 0 fully saturated rings. The summed E-state index contributed by atoms with van der Waals surface area (Å²) in [7, 11) is 0. The summed E-state index contributed by atoms with van der Waals surface area (Å²) in [6.07, 6.45) is 0.618. The molecule has 6 heteroatoms. The van der Waals surface area contributed by atoms with Crippen molar-refractivity contribution < 1.29 is 9.90 Å². The second-order valence-electron chi connectivity index (χ2n) is 4.47. The van der Waals surface area contributed by atoms with E-state index >= 15 is 0 Å². The Labute approximate surface area is 99.1 Å². The lowest BCUT2D eigenvalue weighted by atomic mass is 9.94. The van der Waals surface area contributed by atoms with Crippen LogP contribution in [-0.2, 0) is 11.2 Å². The third-order valence-electron chi connectivity index (χ3n) is 2.42. The number of H-pyrrole nitrogens is 1. The van der Waals surface area contributed by atoms with Crippen LogP contribution in [0.3, 0.4) is 0 Å². The molecule has 0 amide bonds. The highest BCUT2D eigenvalue weighted by atomic mass is 16.4. The van der Waals surface area contributed by atoms with Crippen molar-refractivity contribution in [3.05, 3.63) is 22.2 Å². The highest BCUT2D eigenvalue weighted by molar-refractivity contribution is 5.74. The number of hydrogen-bond acceptors (Lipinski definition) is 4. The third-order valence-corrected chi connectivity index (χ3v) is 2.42. The van der Waals surface area contributed by atoms with Gasteiger partial charge in [0.2, 0.25) is 0 Å². The van der Waals surface area contributed by atoms with Crippen molar-refractivity contribution >= 4 is 11.8 Å². The maximum atomic E-state index is 11.3. The quantitative estimate of drug-likeness (QED) is 0.708. The highest BCUT2D eigenvalue weighted by Crippen LogP contribution is 2.15. The Balaban J connectivity index is 2.79. The van der Waals surface area contributed by atoms with Gasteiger partial charge in [-0.3, -0.25) is 9.59 Å². The molecular formula is C11H17N3O3. The fraction of sp³-hybridized carbons (Fsp3) is 0.545. The van der Waals surface area contributed by atoms with Gasteiger partial charge >= 0.3 is 5.97 Å². The van der Waals surface area contributed by atoms with Gasteiger partial charge in [0, 0.05) is 19.0 Å². The maximum Gasteiger partial charge on any atom is 0.310 e. The number of anilines is 1. The SMILES string of the molecule is CCc1nc(NCC(C)(C)C(=O)O)cc(=O)[nH]1. The lowest BCUT2D eigenvalue weighted by molar-refractivity contribution is -0.146. The van der Waals surface area contributed by atoms with E-state index in [-0.39, 0.29) is 12.1 Å². The number of carboxylic acids is 1. The van der Waals surface area contributed by atoms with Crippen molar-refractivity contribution in [3.63, 3.8) is 0 Å². The maximum absolute atomic E-state index is 11.3. The number of hydrogen-bond donors (Lipinski definition) is 3. The van der Waals surface area contributed by atoms with Crippen molar-refractivity contribution in [1.29, 1.82) is 0 Å². The molecular weight excluding hydrogens is 222 g/mol. The number of aromatic nitrogens is 2. The van der Waals surface area contributed by atoms with Crippen LogP contribution in [0.2, 0.25) is 0 Å². The zero-order chi connectivity index (χ0) is 13.1. The van der Waals surface area contributed by atoms with Crippen LogP contribution in [0.5, 0.6) is 0 Å². The van der Waals surface area contributed by atoms with E-state index in [9.17, 15) is 9.59 Å². The van der Waals surface area contributed by atoms with E-state index < -0.39 is 11.4 Å². The zero-order valence-electron chi connectivity index (χ0n) is 10.2. The summed E-state index contributed by atoms with van der Waals surface area (Å²) in [5, 5.41) is 11.8. The standard InChI is InChI=1S/C11H17N3O3/c1-4-7-13-8(5-9(15)14-7)12-6-11(2,3)10(16)17/h5H,4,6H2,1-3H3,(H,16,17)(H2,12,13,14,15). The number of nitrogens with zero attached hydrogens (tertiary/aromatic N) is 1. The fourth-order valence-corrected chi connectivity index (χ4v) is 1.15. The first-order valence-electron chi connectivity index (χ1n) is 5.42. The van der Waals surface area contributed by atoms with Crippen molar-refractivity contribution in [2.24, 2.45) is 5.41 Å². The van der Waals surface area contributed by atoms with Crippen LogP contribution in [0.1, 0.15) is 26.6 Å². The minimum absolute atomic E-state index is 0.210. The van der Waals surface area contributed by atoms with Crippen LogP contribution in [-0.4, -0.2) is 27.6 Å². The van der Waals surface area contributed by atoms with Crippen LogP contribution < -0.4 is 10.9 Å². The molecule has 1 aromatic heterocycles. The smallest absolute Gasteiger partial charge is 0.310 e. The molecule has 0 saturated carbocycles. The number of nitrogens with one attached hydrogen (secondary N) is 2. The molecule has 0 aromatic carbocycles. The molecule has 0 aliphatic carbocycles. The van der Waals surface area contributed by atoms with Gasteiger partial charge in [0.15, 0.2) is 0 Å². The van der Waals surface area contributed by atoms with Crippen LogP contribution in [0.25, 0.3) is 0 Å². The van der Waals surface area contributed by atoms with Gasteiger partial charge in [0.25, 0.3) is 5.56 Å². The lowest BCUT2D eigenvalue weighted by Gasteiger charge is -2.19. The lowest BCUT2D eigenvalue weighted by Crippen LogP contribution is -2.32. The number of carboxylic acid groups (broad SMARTS) is 1. The molecule has 0 spiro atoms. The molecule has 0 radical (unpaired) electrons. The van der Waals surface area contributed by atoms with Gasteiger partial charge in [-0.25, -0.2) is 4.98 Å². The number of aromatic amines is 1. The summed E-state index contributed by atoms with van der Waals surface area (Å²) in [4.78, 5) is 28.9. The third kappa shape index (κ3) is 3.58. The van der Waals surface area contributed by atoms with E-state index in [0.29, 0.717) is 18.1 Å². The van der Waals surface area contributed by atoms with E-state index in [2.05, 4.69) is 15.3 Å². The van der Waals surface area contributed by atoms with Gasteiger partial charge in [-0.05, 0) is 13.8 Å². The topological polar surface area (TPSA) is 95.1 Å². The van der Waals surface area contributed by atoms with Gasteiger partial charge in [-0.2, -0.15) is 0 Å². The first-order chi connectivity index (χ1) is 7.85. The molecule has 0 saturated heterocycles. The second kappa shape index (κ2) is 4.99. The van der Waals surface area contributed by atoms with Crippen molar-refractivity contribution in [1.82, 2.24) is 9.97 Å². The largest absolute Gasteiger partial charge is 0.481 e. The summed E-state index contributed by atoms with van der Waals surface area (Å²) < 4.78 is 0. The van der Waals surface area contributed by atoms with Gasteiger partial charge in [0.1, 0.15) is 11.6 Å². The number of carbonyl (C=O) groups is 1. The Morgan fingerprint density at radius 2 is 2.24 bits per heavy atom. The Kier molecular flexibility index (Phi) is 3.88. The summed E-state index contributed by atoms with van der Waals surface area (Å²) in [5.41, 5.74) is -1.15. The van der Waals surface area contributed by atoms with Gasteiger partial charge in [0.05, 0.1) is 5.41 Å². The van der Waals surface area contributed by atoms with Crippen LogP contribution in [0.4, 0.5) is 5.82 Å². The Morgan fingerprint density at radius 1 is 1.59 bits per heavy atom. The number of aliphatic carboxylic acids is 1. The molecule has 0 aliphatic rings. The molecule has 0 unspecified atom stereocenters. The molecule has 3 N–H and O–H groups in total.